The van der Waals surface area contributed by atoms with Crippen molar-refractivity contribution in [2.75, 3.05) is 26.2 Å². The molecule has 0 bridgehead atoms. The van der Waals surface area contributed by atoms with Crippen molar-refractivity contribution < 1.29 is 9.84 Å². The number of aliphatic imine (C=N–C) groups is 1. The second kappa shape index (κ2) is 8.56. The number of ether oxygens (including phenoxy) is 1. The van der Waals surface area contributed by atoms with E-state index in [2.05, 4.69) is 33.8 Å². The summed E-state index contributed by atoms with van der Waals surface area (Å²) in [6, 6.07) is 8.36. The molecule has 5 nitrogen and oxygen atoms in total. The van der Waals surface area contributed by atoms with Crippen molar-refractivity contribution in [1.82, 2.24) is 10.6 Å². The number of hydrogen-bond acceptors (Lipinski definition) is 4. The molecule has 1 unspecified atom stereocenters. The number of aliphatic hydroxyl groups is 1. The molecule has 0 saturated carbocycles. The Morgan fingerprint density at radius 2 is 2.23 bits per heavy atom. The van der Waals surface area contributed by atoms with Gasteiger partial charge in [0, 0.05) is 19.5 Å². The Kier molecular flexibility index (Phi) is 6.16. The first-order valence-electron chi connectivity index (χ1n) is 9.10. The second-order valence-corrected chi connectivity index (χ2v) is 7.48. The summed E-state index contributed by atoms with van der Waals surface area (Å²) in [6.45, 7) is 6.51. The van der Waals surface area contributed by atoms with E-state index in [-0.39, 0.29) is 0 Å². The molecule has 2 heterocycles. The van der Waals surface area contributed by atoms with Crippen LogP contribution in [0, 0.1) is 0 Å². The van der Waals surface area contributed by atoms with E-state index in [0.29, 0.717) is 6.54 Å². The van der Waals surface area contributed by atoms with Crippen LogP contribution < -0.4 is 15.4 Å². The van der Waals surface area contributed by atoms with Gasteiger partial charge in [-0.25, -0.2) is 4.99 Å². The summed E-state index contributed by atoms with van der Waals surface area (Å²) in [5, 5.41) is 21.1. The largest absolute Gasteiger partial charge is 0.493 e. The predicted octanol–water partition coefficient (Wildman–Crippen LogP) is 2.69. The maximum Gasteiger partial charge on any atom is 0.191 e. The van der Waals surface area contributed by atoms with Gasteiger partial charge in [-0.3, -0.25) is 0 Å². The Labute approximate surface area is 159 Å². The maximum absolute atomic E-state index is 10.6. The molecule has 0 fully saturated rings. The van der Waals surface area contributed by atoms with E-state index in [0.717, 1.165) is 49.8 Å². The molecule has 0 saturated heterocycles. The number of guanidine groups is 1. The zero-order valence-corrected chi connectivity index (χ0v) is 16.2. The SMILES string of the molecule is CCNC(=NCC(C)(O)c1ccsc1)NCCc1ccc2c(c1)CCO2. The van der Waals surface area contributed by atoms with Crippen molar-refractivity contribution in [1.29, 1.82) is 0 Å². The third-order valence-electron chi connectivity index (χ3n) is 4.49. The van der Waals surface area contributed by atoms with Crippen LogP contribution in [0.15, 0.2) is 40.0 Å². The van der Waals surface area contributed by atoms with Crippen LogP contribution in [0.5, 0.6) is 5.75 Å². The zero-order chi connectivity index (χ0) is 18.4. The fourth-order valence-corrected chi connectivity index (χ4v) is 3.74. The van der Waals surface area contributed by atoms with Crippen LogP contribution in [0.4, 0.5) is 0 Å². The lowest BCUT2D eigenvalue weighted by molar-refractivity contribution is 0.0677. The van der Waals surface area contributed by atoms with Crippen molar-refractivity contribution >= 4 is 17.3 Å². The van der Waals surface area contributed by atoms with Gasteiger partial charge >= 0.3 is 0 Å². The molecule has 140 valence electrons. The van der Waals surface area contributed by atoms with Gasteiger partial charge in [0.05, 0.1) is 13.2 Å². The van der Waals surface area contributed by atoms with Crippen LogP contribution in [0.3, 0.4) is 0 Å². The van der Waals surface area contributed by atoms with Gasteiger partial charge in [-0.1, -0.05) is 12.1 Å². The minimum absolute atomic E-state index is 0.315. The van der Waals surface area contributed by atoms with Gasteiger partial charge in [-0.2, -0.15) is 11.3 Å². The molecule has 1 aliphatic rings. The molecule has 0 radical (unpaired) electrons. The molecule has 0 aliphatic carbocycles. The molecule has 1 atom stereocenters. The van der Waals surface area contributed by atoms with Crippen molar-refractivity contribution in [2.24, 2.45) is 4.99 Å². The molecule has 2 aromatic rings. The van der Waals surface area contributed by atoms with Crippen LogP contribution in [-0.4, -0.2) is 37.3 Å². The topological polar surface area (TPSA) is 65.9 Å². The fraction of sp³-hybridized carbons (Fsp3) is 0.450. The van der Waals surface area contributed by atoms with Crippen LogP contribution in [0.25, 0.3) is 0 Å². The van der Waals surface area contributed by atoms with E-state index in [1.807, 2.05) is 23.8 Å². The minimum atomic E-state index is -0.956. The van der Waals surface area contributed by atoms with E-state index >= 15 is 0 Å². The lowest BCUT2D eigenvalue weighted by atomic mass is 10.00. The first-order valence-corrected chi connectivity index (χ1v) is 10.0. The molecule has 3 N–H and O–H groups in total. The average molecular weight is 374 g/mol. The molecule has 1 aromatic heterocycles. The molecule has 0 amide bonds. The number of rotatable bonds is 7. The maximum atomic E-state index is 10.6. The molecular weight excluding hydrogens is 346 g/mol. The van der Waals surface area contributed by atoms with Crippen molar-refractivity contribution in [2.45, 2.75) is 32.3 Å². The normalized spacial score (nSPS) is 15.9. The highest BCUT2D eigenvalue weighted by Crippen LogP contribution is 2.26. The van der Waals surface area contributed by atoms with Crippen LogP contribution in [0.1, 0.15) is 30.5 Å². The molecule has 3 rings (SSSR count). The summed E-state index contributed by atoms with van der Waals surface area (Å²) in [6.07, 6.45) is 1.91. The van der Waals surface area contributed by atoms with Gasteiger partial charge in [0.1, 0.15) is 11.4 Å². The smallest absolute Gasteiger partial charge is 0.191 e. The number of benzene rings is 1. The highest BCUT2D eigenvalue weighted by Gasteiger charge is 2.23. The number of fused-ring (bicyclic) bond motifs is 1. The standard InChI is InChI=1S/C20H27N3O2S/c1-3-21-19(23-14-20(2,24)17-8-11-26-13-17)22-9-6-15-4-5-18-16(12-15)7-10-25-18/h4-5,8,11-13,24H,3,6-7,9-10,14H2,1-2H3,(H2,21,22,23). The average Bonchev–Trinajstić information content (AvgIpc) is 3.31. The monoisotopic (exact) mass is 373 g/mol. The molecular formula is C20H27N3O2S. The highest BCUT2D eigenvalue weighted by atomic mass is 32.1. The molecule has 26 heavy (non-hydrogen) atoms. The first-order chi connectivity index (χ1) is 12.6. The Morgan fingerprint density at radius 3 is 3.00 bits per heavy atom. The van der Waals surface area contributed by atoms with Crippen molar-refractivity contribution in [3.8, 4) is 5.75 Å². The summed E-state index contributed by atoms with van der Waals surface area (Å²) in [5.41, 5.74) is 2.54. The fourth-order valence-electron chi connectivity index (χ4n) is 2.96. The molecule has 6 heteroatoms. The number of nitrogens with one attached hydrogen (secondary N) is 2. The van der Waals surface area contributed by atoms with Crippen molar-refractivity contribution in [3.63, 3.8) is 0 Å². The highest BCUT2D eigenvalue weighted by molar-refractivity contribution is 7.08. The zero-order valence-electron chi connectivity index (χ0n) is 15.4. The predicted molar refractivity (Wildman–Crippen MR) is 107 cm³/mol. The third-order valence-corrected chi connectivity index (χ3v) is 5.18. The van der Waals surface area contributed by atoms with Crippen LogP contribution >= 0.6 is 11.3 Å². The van der Waals surface area contributed by atoms with Gasteiger partial charge < -0.3 is 20.5 Å². The van der Waals surface area contributed by atoms with Gasteiger partial charge in [0.25, 0.3) is 0 Å². The van der Waals surface area contributed by atoms with Gasteiger partial charge in [-0.15, -0.1) is 0 Å². The summed E-state index contributed by atoms with van der Waals surface area (Å²) >= 11 is 1.58. The first kappa shape index (κ1) is 18.7. The number of thiophene rings is 1. The lowest BCUT2D eigenvalue weighted by Crippen LogP contribution is -2.39. The van der Waals surface area contributed by atoms with Crippen LogP contribution in [0.2, 0.25) is 0 Å². The summed E-state index contributed by atoms with van der Waals surface area (Å²) in [7, 11) is 0. The number of hydrogen-bond donors (Lipinski definition) is 3. The van der Waals surface area contributed by atoms with Gasteiger partial charge in [0.2, 0.25) is 0 Å². The Bertz CT molecular complexity index is 742. The Morgan fingerprint density at radius 1 is 1.35 bits per heavy atom. The third kappa shape index (κ3) is 4.77. The molecule has 1 aromatic carbocycles. The molecule has 1 aliphatic heterocycles. The Balaban J connectivity index is 1.54. The Hall–Kier alpha value is -2.05. The van der Waals surface area contributed by atoms with E-state index in [4.69, 9.17) is 4.74 Å². The van der Waals surface area contributed by atoms with Gasteiger partial charge in [-0.05, 0) is 59.9 Å². The van der Waals surface area contributed by atoms with Crippen LogP contribution in [-0.2, 0) is 18.4 Å². The van der Waals surface area contributed by atoms with E-state index in [9.17, 15) is 5.11 Å². The second-order valence-electron chi connectivity index (χ2n) is 6.70. The number of nitrogens with zero attached hydrogens (tertiary/aromatic N) is 1. The quantitative estimate of drug-likeness (QED) is 0.516. The van der Waals surface area contributed by atoms with E-state index in [1.165, 1.54) is 11.1 Å². The van der Waals surface area contributed by atoms with Gasteiger partial charge in [0.15, 0.2) is 5.96 Å². The minimum Gasteiger partial charge on any atom is -0.493 e. The summed E-state index contributed by atoms with van der Waals surface area (Å²) in [5.74, 6) is 1.75. The van der Waals surface area contributed by atoms with E-state index < -0.39 is 5.60 Å². The van der Waals surface area contributed by atoms with E-state index in [1.54, 1.807) is 18.3 Å². The lowest BCUT2D eigenvalue weighted by Gasteiger charge is -2.21. The summed E-state index contributed by atoms with van der Waals surface area (Å²) < 4.78 is 5.55. The summed E-state index contributed by atoms with van der Waals surface area (Å²) in [4.78, 5) is 4.56. The van der Waals surface area contributed by atoms with Crippen molar-refractivity contribution in [3.05, 3.63) is 51.7 Å². The molecule has 0 spiro atoms.